The van der Waals surface area contributed by atoms with E-state index in [9.17, 15) is 14.4 Å². The molecule has 1 aromatic heterocycles. The quantitative estimate of drug-likeness (QED) is 0.533. The lowest BCUT2D eigenvalue weighted by Gasteiger charge is -2.07. The Balaban J connectivity index is 1.79. The minimum Gasteiger partial charge on any atom is -0.484 e. The smallest absolute Gasteiger partial charge is 0.341 e. The third-order valence-electron chi connectivity index (χ3n) is 4.42. The Morgan fingerprint density at radius 1 is 0.935 bits per heavy atom. The van der Waals surface area contributed by atoms with Crippen molar-refractivity contribution in [2.24, 2.45) is 0 Å². The molecule has 0 atom stereocenters. The second-order valence-electron chi connectivity index (χ2n) is 6.72. The Labute approximate surface area is 184 Å². The van der Waals surface area contributed by atoms with Gasteiger partial charge in [0.05, 0.1) is 17.6 Å². The standard InChI is InChI=1S/C23H22N2O5S/c1-14-9-11-16(12-10-14)24-21(27)20-15(2)19(23(28)29-3)22(31-20)25-18(26)13-30-17-7-5-4-6-8-17/h4-12H,13H2,1-3H3,(H,24,27)(H,25,26). The fourth-order valence-corrected chi connectivity index (χ4v) is 3.93. The van der Waals surface area contributed by atoms with Crippen LogP contribution in [0.2, 0.25) is 0 Å². The second kappa shape index (κ2) is 9.90. The number of thiophene rings is 1. The van der Waals surface area contributed by atoms with Gasteiger partial charge >= 0.3 is 5.97 Å². The third kappa shape index (κ3) is 5.49. The van der Waals surface area contributed by atoms with Crippen LogP contribution in [0.1, 0.15) is 31.2 Å². The van der Waals surface area contributed by atoms with Crippen molar-refractivity contribution in [2.45, 2.75) is 13.8 Å². The van der Waals surface area contributed by atoms with Gasteiger partial charge in [-0.25, -0.2) is 4.79 Å². The van der Waals surface area contributed by atoms with Gasteiger partial charge in [-0.2, -0.15) is 0 Å². The minimum absolute atomic E-state index is 0.148. The van der Waals surface area contributed by atoms with Crippen LogP contribution in [-0.2, 0) is 9.53 Å². The van der Waals surface area contributed by atoms with E-state index in [4.69, 9.17) is 9.47 Å². The number of hydrogen-bond donors (Lipinski definition) is 2. The molecule has 0 spiro atoms. The first-order chi connectivity index (χ1) is 14.9. The van der Waals surface area contributed by atoms with Crippen molar-refractivity contribution in [2.75, 3.05) is 24.4 Å². The van der Waals surface area contributed by atoms with Gasteiger partial charge in [-0.1, -0.05) is 35.9 Å². The van der Waals surface area contributed by atoms with Crippen LogP contribution in [0.15, 0.2) is 54.6 Å². The summed E-state index contributed by atoms with van der Waals surface area (Å²) in [5.41, 5.74) is 2.28. The van der Waals surface area contributed by atoms with Crippen molar-refractivity contribution in [3.63, 3.8) is 0 Å². The van der Waals surface area contributed by atoms with Gasteiger partial charge in [0.1, 0.15) is 10.8 Å². The van der Waals surface area contributed by atoms with E-state index < -0.39 is 11.9 Å². The number of rotatable bonds is 7. The van der Waals surface area contributed by atoms with Gasteiger partial charge in [-0.15, -0.1) is 11.3 Å². The Morgan fingerprint density at radius 2 is 1.61 bits per heavy atom. The molecule has 0 unspecified atom stereocenters. The van der Waals surface area contributed by atoms with Crippen molar-refractivity contribution in [1.82, 2.24) is 0 Å². The highest BCUT2D eigenvalue weighted by atomic mass is 32.1. The summed E-state index contributed by atoms with van der Waals surface area (Å²) in [4.78, 5) is 37.8. The molecule has 2 amide bonds. The largest absolute Gasteiger partial charge is 0.484 e. The number of anilines is 2. The van der Waals surface area contributed by atoms with Crippen molar-refractivity contribution in [3.05, 3.63) is 76.2 Å². The fraction of sp³-hybridized carbons (Fsp3) is 0.174. The van der Waals surface area contributed by atoms with E-state index in [1.807, 2.05) is 25.1 Å². The molecule has 0 aliphatic heterocycles. The van der Waals surface area contributed by atoms with E-state index >= 15 is 0 Å². The number of carbonyl (C=O) groups is 3. The number of nitrogens with one attached hydrogen (secondary N) is 2. The monoisotopic (exact) mass is 438 g/mol. The Kier molecular flexibility index (Phi) is 7.04. The van der Waals surface area contributed by atoms with Crippen molar-refractivity contribution in [3.8, 4) is 5.75 Å². The maximum absolute atomic E-state index is 12.8. The first-order valence-corrected chi connectivity index (χ1v) is 10.3. The first-order valence-electron chi connectivity index (χ1n) is 9.46. The molecule has 0 fully saturated rings. The van der Waals surface area contributed by atoms with E-state index in [-0.39, 0.29) is 23.1 Å². The summed E-state index contributed by atoms with van der Waals surface area (Å²) in [6.07, 6.45) is 0. The summed E-state index contributed by atoms with van der Waals surface area (Å²) in [5, 5.41) is 5.70. The summed E-state index contributed by atoms with van der Waals surface area (Å²) in [7, 11) is 1.25. The molecule has 7 nitrogen and oxygen atoms in total. The van der Waals surface area contributed by atoms with Crippen molar-refractivity contribution >= 4 is 39.8 Å². The number of ether oxygens (including phenoxy) is 2. The van der Waals surface area contributed by atoms with Crippen LogP contribution in [0.4, 0.5) is 10.7 Å². The molecule has 31 heavy (non-hydrogen) atoms. The third-order valence-corrected chi connectivity index (χ3v) is 5.62. The first kappa shape index (κ1) is 22.0. The van der Waals surface area contributed by atoms with E-state index in [0.29, 0.717) is 21.9 Å². The SMILES string of the molecule is COC(=O)c1c(NC(=O)COc2ccccc2)sc(C(=O)Nc2ccc(C)cc2)c1C. The molecule has 0 aliphatic rings. The highest BCUT2D eigenvalue weighted by Gasteiger charge is 2.26. The number of amides is 2. The van der Waals surface area contributed by atoms with Crippen molar-refractivity contribution in [1.29, 1.82) is 0 Å². The molecule has 0 radical (unpaired) electrons. The number of methoxy groups -OCH3 is 1. The molecule has 3 aromatic rings. The Hall–Kier alpha value is -3.65. The number of aryl methyl sites for hydroxylation is 1. The maximum Gasteiger partial charge on any atom is 0.341 e. The minimum atomic E-state index is -0.637. The highest BCUT2D eigenvalue weighted by molar-refractivity contribution is 7.18. The fourth-order valence-electron chi connectivity index (χ4n) is 2.82. The van der Waals surface area contributed by atoms with E-state index in [1.54, 1.807) is 43.3 Å². The zero-order valence-electron chi connectivity index (χ0n) is 17.4. The molecule has 8 heteroatoms. The molecule has 2 aromatic carbocycles. The Morgan fingerprint density at radius 3 is 2.26 bits per heavy atom. The second-order valence-corrected chi connectivity index (χ2v) is 7.74. The van der Waals surface area contributed by atoms with E-state index in [0.717, 1.165) is 16.9 Å². The van der Waals surface area contributed by atoms with Gasteiger partial charge in [-0.05, 0) is 43.7 Å². The van der Waals surface area contributed by atoms with Gasteiger partial charge in [0.25, 0.3) is 11.8 Å². The zero-order valence-corrected chi connectivity index (χ0v) is 18.2. The summed E-state index contributed by atoms with van der Waals surface area (Å²) in [5.74, 6) is -0.924. The summed E-state index contributed by atoms with van der Waals surface area (Å²) >= 11 is 1.01. The van der Waals surface area contributed by atoms with Gasteiger partial charge in [-0.3, -0.25) is 9.59 Å². The highest BCUT2D eigenvalue weighted by Crippen LogP contribution is 2.34. The number of carbonyl (C=O) groups excluding carboxylic acids is 3. The van der Waals surface area contributed by atoms with E-state index in [1.165, 1.54) is 7.11 Å². The lowest BCUT2D eigenvalue weighted by atomic mass is 10.1. The number of para-hydroxylation sites is 1. The van der Waals surface area contributed by atoms with Crippen LogP contribution >= 0.6 is 11.3 Å². The number of hydrogen-bond acceptors (Lipinski definition) is 6. The van der Waals surface area contributed by atoms with Gasteiger partial charge < -0.3 is 20.1 Å². The van der Waals surface area contributed by atoms with Crippen LogP contribution < -0.4 is 15.4 Å². The average molecular weight is 439 g/mol. The van der Waals surface area contributed by atoms with E-state index in [2.05, 4.69) is 10.6 Å². The van der Waals surface area contributed by atoms with Crippen LogP contribution in [0, 0.1) is 13.8 Å². The number of esters is 1. The van der Waals surface area contributed by atoms with Crippen LogP contribution in [-0.4, -0.2) is 31.5 Å². The zero-order chi connectivity index (χ0) is 22.4. The molecule has 1 heterocycles. The Bertz CT molecular complexity index is 1090. The summed E-state index contributed by atoms with van der Waals surface area (Å²) < 4.78 is 10.3. The topological polar surface area (TPSA) is 93.7 Å². The van der Waals surface area contributed by atoms with Crippen molar-refractivity contribution < 1.29 is 23.9 Å². The lowest BCUT2D eigenvalue weighted by molar-refractivity contribution is -0.118. The molecule has 0 saturated heterocycles. The molecule has 2 N–H and O–H groups in total. The molecule has 0 bridgehead atoms. The summed E-state index contributed by atoms with van der Waals surface area (Å²) in [6, 6.07) is 16.2. The number of benzene rings is 2. The normalized spacial score (nSPS) is 10.3. The van der Waals surface area contributed by atoms with Gasteiger partial charge in [0, 0.05) is 5.69 Å². The predicted octanol–water partition coefficient (Wildman–Crippen LogP) is 4.42. The van der Waals surface area contributed by atoms with Gasteiger partial charge in [0.2, 0.25) is 0 Å². The molecule has 160 valence electrons. The molecular formula is C23H22N2O5S. The average Bonchev–Trinajstić information content (AvgIpc) is 3.09. The molecule has 0 saturated carbocycles. The maximum atomic E-state index is 12.8. The van der Waals surface area contributed by atoms with Crippen LogP contribution in [0.5, 0.6) is 5.75 Å². The van der Waals surface area contributed by atoms with Crippen LogP contribution in [0.3, 0.4) is 0 Å². The van der Waals surface area contributed by atoms with Crippen LogP contribution in [0.25, 0.3) is 0 Å². The lowest BCUT2D eigenvalue weighted by Crippen LogP contribution is -2.21. The molecular weight excluding hydrogens is 416 g/mol. The molecule has 0 aliphatic carbocycles. The predicted molar refractivity (Wildman–Crippen MR) is 120 cm³/mol. The molecule has 3 rings (SSSR count). The summed E-state index contributed by atoms with van der Waals surface area (Å²) in [6.45, 7) is 3.35. The van der Waals surface area contributed by atoms with Gasteiger partial charge in [0.15, 0.2) is 6.61 Å².